The quantitative estimate of drug-likeness (QED) is 0.252. The summed E-state index contributed by atoms with van der Waals surface area (Å²) in [5.74, 6) is -0.485. The van der Waals surface area contributed by atoms with Crippen LogP contribution in [0.5, 0.6) is 0 Å². The first-order valence-corrected chi connectivity index (χ1v) is 12.3. The van der Waals surface area contributed by atoms with E-state index in [0.717, 1.165) is 35.0 Å². The van der Waals surface area contributed by atoms with Gasteiger partial charge in [0.05, 0.1) is 0 Å². The molecular formula is C32H29FN2O. The van der Waals surface area contributed by atoms with E-state index in [0.29, 0.717) is 13.0 Å². The van der Waals surface area contributed by atoms with E-state index in [1.165, 1.54) is 23.3 Å². The van der Waals surface area contributed by atoms with Gasteiger partial charge in [0.25, 0.3) is 0 Å². The van der Waals surface area contributed by atoms with Crippen LogP contribution in [0.25, 0.3) is 10.9 Å². The van der Waals surface area contributed by atoms with Crippen LogP contribution in [0.3, 0.4) is 0 Å². The first-order chi connectivity index (χ1) is 17.7. The highest BCUT2D eigenvalue weighted by atomic mass is 19.1. The monoisotopic (exact) mass is 476 g/mol. The molecule has 180 valence electrons. The number of fused-ring (bicyclic) bond motifs is 1. The molecule has 0 bridgehead atoms. The van der Waals surface area contributed by atoms with Crippen molar-refractivity contribution < 1.29 is 9.18 Å². The highest BCUT2D eigenvalue weighted by Crippen LogP contribution is 2.35. The van der Waals surface area contributed by atoms with E-state index < -0.39 is 0 Å². The summed E-state index contributed by atoms with van der Waals surface area (Å²) in [6.07, 6.45) is 3.23. The maximum absolute atomic E-state index is 13.8. The van der Waals surface area contributed by atoms with Gasteiger partial charge in [0.1, 0.15) is 5.82 Å². The van der Waals surface area contributed by atoms with Crippen molar-refractivity contribution in [1.29, 1.82) is 0 Å². The van der Waals surface area contributed by atoms with E-state index in [9.17, 15) is 9.18 Å². The summed E-state index contributed by atoms with van der Waals surface area (Å²) in [6, 6.07) is 35.3. The molecule has 4 aromatic carbocycles. The van der Waals surface area contributed by atoms with Gasteiger partial charge in [-0.2, -0.15) is 0 Å². The van der Waals surface area contributed by atoms with Crippen molar-refractivity contribution in [2.75, 3.05) is 6.54 Å². The average Bonchev–Trinajstić information content (AvgIpc) is 3.27. The second-order valence-electron chi connectivity index (χ2n) is 9.11. The Morgan fingerprint density at radius 3 is 2.14 bits per heavy atom. The molecule has 36 heavy (non-hydrogen) atoms. The number of carbonyl (C=O) groups is 1. The number of carbonyl (C=O) groups excluding carboxylic acids is 1. The minimum absolute atomic E-state index is 0.0138. The predicted octanol–water partition coefficient (Wildman–Crippen LogP) is 6.71. The fourth-order valence-corrected chi connectivity index (χ4v) is 4.81. The highest BCUT2D eigenvalue weighted by molar-refractivity contribution is 5.86. The van der Waals surface area contributed by atoms with Gasteiger partial charge in [0.15, 0.2) is 0 Å². The Labute approximate surface area is 211 Å². The van der Waals surface area contributed by atoms with Gasteiger partial charge in [-0.05, 0) is 46.9 Å². The van der Waals surface area contributed by atoms with E-state index in [-0.39, 0.29) is 17.6 Å². The topological polar surface area (TPSA) is 34.0 Å². The van der Waals surface area contributed by atoms with Crippen molar-refractivity contribution in [3.63, 3.8) is 0 Å². The molecule has 0 saturated heterocycles. The lowest BCUT2D eigenvalue weighted by Gasteiger charge is -2.17. The lowest BCUT2D eigenvalue weighted by molar-refractivity contribution is -0.121. The highest BCUT2D eigenvalue weighted by Gasteiger charge is 2.23. The molecule has 3 nitrogen and oxygen atoms in total. The Bertz CT molecular complexity index is 1430. The van der Waals surface area contributed by atoms with Gasteiger partial charge in [-0.25, -0.2) is 4.39 Å². The molecule has 0 saturated carbocycles. The molecule has 0 aliphatic heterocycles. The van der Waals surface area contributed by atoms with Crippen molar-refractivity contribution in [2.45, 2.75) is 25.3 Å². The summed E-state index contributed by atoms with van der Waals surface area (Å²) < 4.78 is 16.0. The van der Waals surface area contributed by atoms with Crippen LogP contribution in [0.1, 0.15) is 34.6 Å². The number of benzene rings is 4. The van der Waals surface area contributed by atoms with Crippen molar-refractivity contribution in [1.82, 2.24) is 9.88 Å². The van der Waals surface area contributed by atoms with Crippen LogP contribution in [0.4, 0.5) is 4.39 Å². The molecule has 1 aromatic heterocycles. The zero-order valence-electron chi connectivity index (χ0n) is 20.1. The summed E-state index contributed by atoms with van der Waals surface area (Å²) in [4.78, 5) is 13.1. The van der Waals surface area contributed by atoms with Crippen molar-refractivity contribution in [2.24, 2.45) is 0 Å². The van der Waals surface area contributed by atoms with E-state index in [2.05, 4.69) is 52.5 Å². The van der Waals surface area contributed by atoms with Crippen LogP contribution < -0.4 is 5.32 Å². The molecule has 1 amide bonds. The maximum atomic E-state index is 13.8. The van der Waals surface area contributed by atoms with Crippen LogP contribution in [0.15, 0.2) is 115 Å². The zero-order valence-corrected chi connectivity index (χ0v) is 20.1. The Balaban J connectivity index is 1.44. The smallest absolute Gasteiger partial charge is 0.220 e. The molecule has 4 heteroatoms. The molecule has 5 rings (SSSR count). The Hall–Kier alpha value is -4.18. The Kier molecular flexibility index (Phi) is 7.23. The second-order valence-corrected chi connectivity index (χ2v) is 9.11. The minimum atomic E-state index is -0.281. The summed E-state index contributed by atoms with van der Waals surface area (Å²) >= 11 is 0. The Morgan fingerprint density at radius 1 is 0.778 bits per heavy atom. The van der Waals surface area contributed by atoms with Crippen LogP contribution in [-0.2, 0) is 17.8 Å². The van der Waals surface area contributed by atoms with Crippen molar-refractivity contribution >= 4 is 16.8 Å². The first kappa shape index (κ1) is 23.6. The molecule has 0 fully saturated rings. The van der Waals surface area contributed by atoms with Gasteiger partial charge in [-0.1, -0.05) is 91.0 Å². The zero-order chi connectivity index (χ0) is 24.7. The number of amides is 1. The van der Waals surface area contributed by atoms with Crippen LogP contribution in [0, 0.1) is 5.82 Å². The molecule has 0 aliphatic rings. The van der Waals surface area contributed by atoms with Crippen molar-refractivity contribution in [3.05, 3.63) is 143 Å². The fraction of sp³-hybridized carbons (Fsp3) is 0.156. The second kappa shape index (κ2) is 11.0. The van der Waals surface area contributed by atoms with Crippen LogP contribution >= 0.6 is 0 Å². The van der Waals surface area contributed by atoms with Crippen LogP contribution in [0.2, 0.25) is 0 Å². The predicted molar refractivity (Wildman–Crippen MR) is 143 cm³/mol. The third kappa shape index (κ3) is 5.55. The lowest BCUT2D eigenvalue weighted by atomic mass is 9.88. The molecule has 1 N–H and O–H groups in total. The molecular weight excluding hydrogens is 447 g/mol. The molecule has 5 aromatic rings. The summed E-state index contributed by atoms with van der Waals surface area (Å²) in [6.45, 7) is 1.31. The van der Waals surface area contributed by atoms with Gasteiger partial charge >= 0.3 is 0 Å². The normalized spacial score (nSPS) is 11.9. The number of hydrogen-bond donors (Lipinski definition) is 1. The average molecular weight is 477 g/mol. The van der Waals surface area contributed by atoms with E-state index in [1.807, 2.05) is 48.5 Å². The largest absolute Gasteiger partial charge is 0.356 e. The fourth-order valence-electron chi connectivity index (χ4n) is 4.81. The molecule has 1 atom stereocenters. The first-order valence-electron chi connectivity index (χ1n) is 12.3. The number of hydrogen-bond acceptors (Lipinski definition) is 1. The molecule has 0 radical (unpaired) electrons. The van der Waals surface area contributed by atoms with E-state index >= 15 is 0 Å². The third-order valence-corrected chi connectivity index (χ3v) is 6.63. The van der Waals surface area contributed by atoms with Crippen molar-refractivity contribution in [3.8, 4) is 0 Å². The molecule has 0 spiro atoms. The number of rotatable bonds is 9. The number of halogens is 1. The van der Waals surface area contributed by atoms with Gasteiger partial charge in [-0.15, -0.1) is 0 Å². The molecule has 0 unspecified atom stereocenters. The van der Waals surface area contributed by atoms with Crippen LogP contribution in [-0.4, -0.2) is 17.0 Å². The summed E-state index contributed by atoms with van der Waals surface area (Å²) in [5, 5.41) is 4.20. The number of para-hydroxylation sites is 1. The summed E-state index contributed by atoms with van der Waals surface area (Å²) in [7, 11) is 0. The van der Waals surface area contributed by atoms with Gasteiger partial charge in [-0.3, -0.25) is 4.79 Å². The number of nitrogens with zero attached hydrogens (tertiary/aromatic N) is 1. The number of aromatic nitrogens is 1. The van der Waals surface area contributed by atoms with E-state index in [1.54, 1.807) is 12.1 Å². The van der Waals surface area contributed by atoms with Gasteiger partial charge < -0.3 is 9.88 Å². The standard InChI is InChI=1S/C32H29FN2O/c33-27-17-15-26(16-18-27)29(21-32(36)34-20-19-24-9-3-1-4-10-24)30-23-35(22-25-11-5-2-6-12-25)31-14-8-7-13-28(30)31/h1-18,23,29H,19-22H2,(H,34,36)/t29-/m0/s1. The lowest BCUT2D eigenvalue weighted by Crippen LogP contribution is -2.27. The SMILES string of the molecule is O=C(C[C@@H](c1ccc(F)cc1)c1cn(Cc2ccccc2)c2ccccc12)NCCc1ccccc1. The maximum Gasteiger partial charge on any atom is 0.220 e. The van der Waals surface area contributed by atoms with E-state index in [4.69, 9.17) is 0 Å². The molecule has 0 aliphatic carbocycles. The van der Waals surface area contributed by atoms with Gasteiger partial charge in [0, 0.05) is 42.5 Å². The minimum Gasteiger partial charge on any atom is -0.356 e. The molecule has 1 heterocycles. The Morgan fingerprint density at radius 2 is 1.42 bits per heavy atom. The van der Waals surface area contributed by atoms with Gasteiger partial charge in [0.2, 0.25) is 5.91 Å². The third-order valence-electron chi connectivity index (χ3n) is 6.63. The summed E-state index contributed by atoms with van der Waals surface area (Å²) in [5.41, 5.74) is 5.52. The number of nitrogens with one attached hydrogen (secondary N) is 1.